The molecule has 1 atom stereocenters. The third-order valence-corrected chi connectivity index (χ3v) is 1.35. The zero-order valence-corrected chi connectivity index (χ0v) is 6.09. The highest BCUT2D eigenvalue weighted by atomic mass is 16.5. The van der Waals surface area contributed by atoms with Crippen LogP contribution in [-0.4, -0.2) is 23.2 Å². The van der Waals surface area contributed by atoms with Crippen molar-refractivity contribution in [1.29, 1.82) is 0 Å². The molecule has 0 unspecified atom stereocenters. The third-order valence-electron chi connectivity index (χ3n) is 1.35. The number of hydroxylamine groups is 2. The number of carbonyl (C=O) groups is 1. The van der Waals surface area contributed by atoms with Gasteiger partial charge in [-0.25, -0.2) is 5.06 Å². The van der Waals surface area contributed by atoms with E-state index in [4.69, 9.17) is 5.21 Å². The molecule has 0 bridgehead atoms. The van der Waals surface area contributed by atoms with Crippen LogP contribution in [0.2, 0.25) is 0 Å². The lowest BCUT2D eigenvalue weighted by atomic mass is 10.1. The predicted octanol–water partition coefficient (Wildman–Crippen LogP) is 0.880. The second-order valence-corrected chi connectivity index (χ2v) is 2.17. The molecule has 3 heteroatoms. The van der Waals surface area contributed by atoms with Gasteiger partial charge in [-0.3, -0.25) is 10.0 Å². The fourth-order valence-electron chi connectivity index (χ4n) is 0.494. The van der Waals surface area contributed by atoms with Crippen molar-refractivity contribution >= 4 is 5.91 Å². The third kappa shape index (κ3) is 2.46. The number of carbonyl (C=O) groups excluding carboxylic acids is 1. The molecule has 0 rings (SSSR count). The SMILES string of the molecule is CC[C@H](C)C(=O)N(C)O. The van der Waals surface area contributed by atoms with Crippen molar-refractivity contribution in [2.24, 2.45) is 5.92 Å². The van der Waals surface area contributed by atoms with E-state index in [0.717, 1.165) is 6.42 Å². The Morgan fingerprint density at radius 1 is 1.78 bits per heavy atom. The summed E-state index contributed by atoms with van der Waals surface area (Å²) in [6, 6.07) is 0. The fraction of sp³-hybridized carbons (Fsp3) is 0.833. The van der Waals surface area contributed by atoms with Crippen LogP contribution in [0, 0.1) is 5.92 Å². The molecule has 0 fully saturated rings. The van der Waals surface area contributed by atoms with E-state index in [9.17, 15) is 4.79 Å². The van der Waals surface area contributed by atoms with Gasteiger partial charge < -0.3 is 0 Å². The highest BCUT2D eigenvalue weighted by Gasteiger charge is 2.12. The molecule has 0 saturated heterocycles. The van der Waals surface area contributed by atoms with Gasteiger partial charge in [0.1, 0.15) is 0 Å². The van der Waals surface area contributed by atoms with Crippen LogP contribution < -0.4 is 0 Å². The molecule has 0 aromatic heterocycles. The Bertz CT molecular complexity index is 101. The smallest absolute Gasteiger partial charge is 0.248 e. The number of hydrogen-bond acceptors (Lipinski definition) is 2. The first kappa shape index (κ1) is 8.43. The van der Waals surface area contributed by atoms with E-state index in [2.05, 4.69) is 0 Å². The molecular formula is C6H13NO2. The fourth-order valence-corrected chi connectivity index (χ4v) is 0.494. The Morgan fingerprint density at radius 2 is 2.22 bits per heavy atom. The van der Waals surface area contributed by atoms with Gasteiger partial charge in [-0.2, -0.15) is 0 Å². The predicted molar refractivity (Wildman–Crippen MR) is 34.0 cm³/mol. The molecule has 0 aromatic carbocycles. The quantitative estimate of drug-likeness (QED) is 0.446. The average Bonchev–Trinajstić information content (AvgIpc) is 1.84. The van der Waals surface area contributed by atoms with Crippen LogP contribution >= 0.6 is 0 Å². The molecule has 0 aliphatic rings. The number of rotatable bonds is 2. The summed E-state index contributed by atoms with van der Waals surface area (Å²) in [7, 11) is 1.34. The molecule has 0 aliphatic carbocycles. The molecule has 0 spiro atoms. The molecular weight excluding hydrogens is 118 g/mol. The standard InChI is InChI=1S/C6H13NO2/c1-4-5(2)6(8)7(3)9/h5,9H,4H2,1-3H3/t5-/m0/s1. The first-order valence-corrected chi connectivity index (χ1v) is 3.06. The monoisotopic (exact) mass is 131 g/mol. The van der Waals surface area contributed by atoms with Crippen molar-refractivity contribution in [3.8, 4) is 0 Å². The minimum Gasteiger partial charge on any atom is -0.286 e. The molecule has 0 aromatic rings. The molecule has 0 aliphatic heterocycles. The van der Waals surface area contributed by atoms with Gasteiger partial charge in [0, 0.05) is 13.0 Å². The zero-order valence-electron chi connectivity index (χ0n) is 6.09. The maximum atomic E-state index is 10.7. The summed E-state index contributed by atoms with van der Waals surface area (Å²) in [6.07, 6.45) is 0.768. The number of hydrogen-bond donors (Lipinski definition) is 1. The first-order chi connectivity index (χ1) is 4.09. The van der Waals surface area contributed by atoms with Crippen LogP contribution in [0.5, 0.6) is 0 Å². The molecule has 1 N–H and O–H groups in total. The highest BCUT2D eigenvalue weighted by Crippen LogP contribution is 2.02. The van der Waals surface area contributed by atoms with E-state index in [1.165, 1.54) is 7.05 Å². The maximum absolute atomic E-state index is 10.7. The summed E-state index contributed by atoms with van der Waals surface area (Å²) in [6.45, 7) is 3.70. The Balaban J connectivity index is 3.73. The van der Waals surface area contributed by atoms with Gasteiger partial charge in [-0.15, -0.1) is 0 Å². The summed E-state index contributed by atoms with van der Waals surface area (Å²) in [5.41, 5.74) is 0. The van der Waals surface area contributed by atoms with Crippen molar-refractivity contribution < 1.29 is 10.0 Å². The lowest BCUT2D eigenvalue weighted by Crippen LogP contribution is -2.27. The average molecular weight is 131 g/mol. The topological polar surface area (TPSA) is 40.5 Å². The van der Waals surface area contributed by atoms with Crippen LogP contribution in [0.4, 0.5) is 0 Å². The summed E-state index contributed by atoms with van der Waals surface area (Å²) in [5.74, 6) is -0.294. The van der Waals surface area contributed by atoms with Gasteiger partial charge in [0.05, 0.1) is 0 Å². The molecule has 54 valence electrons. The maximum Gasteiger partial charge on any atom is 0.248 e. The molecule has 0 heterocycles. The molecule has 0 saturated carbocycles. The summed E-state index contributed by atoms with van der Waals surface area (Å²) in [4.78, 5) is 10.7. The van der Waals surface area contributed by atoms with Crippen molar-refractivity contribution in [3.63, 3.8) is 0 Å². The Hall–Kier alpha value is -0.570. The van der Waals surface area contributed by atoms with Gasteiger partial charge in [0.2, 0.25) is 5.91 Å². The number of amides is 1. The summed E-state index contributed by atoms with van der Waals surface area (Å²) in [5, 5.41) is 9.24. The second-order valence-electron chi connectivity index (χ2n) is 2.17. The van der Waals surface area contributed by atoms with E-state index >= 15 is 0 Å². The normalized spacial score (nSPS) is 12.9. The largest absolute Gasteiger partial charge is 0.286 e. The van der Waals surface area contributed by atoms with Gasteiger partial charge in [-0.1, -0.05) is 13.8 Å². The molecule has 1 amide bonds. The first-order valence-electron chi connectivity index (χ1n) is 3.06. The van der Waals surface area contributed by atoms with Crippen molar-refractivity contribution in [2.75, 3.05) is 7.05 Å². The van der Waals surface area contributed by atoms with E-state index < -0.39 is 0 Å². The van der Waals surface area contributed by atoms with E-state index in [1.54, 1.807) is 6.92 Å². The van der Waals surface area contributed by atoms with Crippen LogP contribution in [0.1, 0.15) is 20.3 Å². The highest BCUT2D eigenvalue weighted by molar-refractivity contribution is 5.76. The van der Waals surface area contributed by atoms with Gasteiger partial charge in [0.25, 0.3) is 0 Å². The van der Waals surface area contributed by atoms with Crippen LogP contribution in [0.25, 0.3) is 0 Å². The van der Waals surface area contributed by atoms with Crippen LogP contribution in [-0.2, 0) is 4.79 Å². The molecule has 3 nitrogen and oxygen atoms in total. The zero-order chi connectivity index (χ0) is 7.44. The summed E-state index contributed by atoms with van der Waals surface area (Å²) < 4.78 is 0. The summed E-state index contributed by atoms with van der Waals surface area (Å²) >= 11 is 0. The van der Waals surface area contributed by atoms with Gasteiger partial charge >= 0.3 is 0 Å². The van der Waals surface area contributed by atoms with Gasteiger partial charge in [-0.05, 0) is 6.42 Å². The lowest BCUT2D eigenvalue weighted by molar-refractivity contribution is -0.163. The van der Waals surface area contributed by atoms with E-state index in [-0.39, 0.29) is 11.8 Å². The lowest BCUT2D eigenvalue weighted by Gasteiger charge is -2.12. The molecule has 0 radical (unpaired) electrons. The second kappa shape index (κ2) is 3.45. The number of nitrogens with zero attached hydrogens (tertiary/aromatic N) is 1. The van der Waals surface area contributed by atoms with Gasteiger partial charge in [0.15, 0.2) is 0 Å². The minimum absolute atomic E-state index is 0.0694. The van der Waals surface area contributed by atoms with Crippen molar-refractivity contribution in [3.05, 3.63) is 0 Å². The van der Waals surface area contributed by atoms with Crippen molar-refractivity contribution in [1.82, 2.24) is 5.06 Å². The van der Waals surface area contributed by atoms with E-state index in [1.807, 2.05) is 6.92 Å². The van der Waals surface area contributed by atoms with E-state index in [0.29, 0.717) is 5.06 Å². The Kier molecular flexibility index (Phi) is 3.24. The Labute approximate surface area is 55.2 Å². The Morgan fingerprint density at radius 3 is 2.33 bits per heavy atom. The van der Waals surface area contributed by atoms with Crippen LogP contribution in [0.15, 0.2) is 0 Å². The minimum atomic E-state index is -0.225. The van der Waals surface area contributed by atoms with Crippen LogP contribution in [0.3, 0.4) is 0 Å². The van der Waals surface area contributed by atoms with Crippen molar-refractivity contribution in [2.45, 2.75) is 20.3 Å². The molecule has 9 heavy (non-hydrogen) atoms.